The van der Waals surface area contributed by atoms with Crippen molar-refractivity contribution in [2.45, 2.75) is 51.6 Å². The zero-order valence-electron chi connectivity index (χ0n) is 15.4. The predicted molar refractivity (Wildman–Crippen MR) is 105 cm³/mol. The van der Waals surface area contributed by atoms with E-state index in [0.717, 1.165) is 18.4 Å². The monoisotopic (exact) mass is 356 g/mol. The van der Waals surface area contributed by atoms with E-state index in [1.165, 1.54) is 26.2 Å². The Balaban J connectivity index is 0.000000487. The zero-order chi connectivity index (χ0) is 19.4. The third-order valence-corrected chi connectivity index (χ3v) is 3.95. The molecule has 1 aliphatic carbocycles. The maximum atomic E-state index is 11.9. The van der Waals surface area contributed by atoms with Gasteiger partial charge in [-0.05, 0) is 44.6 Å². The second kappa shape index (κ2) is 11.9. The lowest BCUT2D eigenvalue weighted by Crippen LogP contribution is -2.21. The maximum absolute atomic E-state index is 11.9. The van der Waals surface area contributed by atoms with Gasteiger partial charge in [-0.25, -0.2) is 9.59 Å². The largest absolute Gasteiger partial charge is 0.478 e. The minimum absolute atomic E-state index is 0.103. The standard InChI is InChI=1S/C18H22O2.C4H6O2/c1-15(9-8-12-16-10-4-2-5-11-16)18(19)20-17-13-6-3-7-14-17;1-3(2)4(5)6/h2,4-5,8,10-12,17H,1,3,6-7,9,13-14H2;1H2,2H3,(H,5,6). The van der Waals surface area contributed by atoms with E-state index in [9.17, 15) is 9.59 Å². The van der Waals surface area contributed by atoms with Crippen LogP contribution in [0.4, 0.5) is 0 Å². The number of ether oxygens (including phenoxy) is 1. The molecule has 1 saturated carbocycles. The number of carbonyl (C=O) groups is 2. The summed E-state index contributed by atoms with van der Waals surface area (Å²) in [5.74, 6) is -1.18. The summed E-state index contributed by atoms with van der Waals surface area (Å²) in [6.07, 6.45) is 10.2. The minimum atomic E-state index is -0.935. The summed E-state index contributed by atoms with van der Waals surface area (Å²) < 4.78 is 5.48. The number of aliphatic carboxylic acids is 1. The Kier molecular flexibility index (Phi) is 9.77. The van der Waals surface area contributed by atoms with Gasteiger partial charge in [0.05, 0.1) is 0 Å². The maximum Gasteiger partial charge on any atom is 0.333 e. The molecule has 0 spiro atoms. The molecule has 26 heavy (non-hydrogen) atoms. The highest BCUT2D eigenvalue weighted by atomic mass is 16.5. The van der Waals surface area contributed by atoms with Gasteiger partial charge in [0.25, 0.3) is 0 Å². The zero-order valence-corrected chi connectivity index (χ0v) is 15.4. The van der Waals surface area contributed by atoms with Crippen LogP contribution in [0, 0.1) is 0 Å². The normalized spacial score (nSPS) is 14.2. The summed E-state index contributed by atoms with van der Waals surface area (Å²) in [5.41, 5.74) is 1.83. The first kappa shape index (κ1) is 21.4. The van der Waals surface area contributed by atoms with Crippen molar-refractivity contribution in [3.05, 3.63) is 66.3 Å². The molecular formula is C22H28O4. The second-order valence-electron chi connectivity index (χ2n) is 6.37. The molecule has 0 bridgehead atoms. The van der Waals surface area contributed by atoms with E-state index in [1.54, 1.807) is 0 Å². The molecule has 0 atom stereocenters. The van der Waals surface area contributed by atoms with Crippen LogP contribution < -0.4 is 0 Å². The molecule has 4 heteroatoms. The molecule has 0 unspecified atom stereocenters. The lowest BCUT2D eigenvalue weighted by Gasteiger charge is -2.22. The molecule has 1 fully saturated rings. The van der Waals surface area contributed by atoms with Crippen LogP contribution in [0.2, 0.25) is 0 Å². The van der Waals surface area contributed by atoms with E-state index in [-0.39, 0.29) is 17.6 Å². The fourth-order valence-electron chi connectivity index (χ4n) is 2.40. The summed E-state index contributed by atoms with van der Waals surface area (Å²) in [6.45, 7) is 8.43. The number of esters is 1. The number of carbonyl (C=O) groups excluding carboxylic acids is 1. The van der Waals surface area contributed by atoms with Gasteiger partial charge in [-0.2, -0.15) is 0 Å². The molecule has 0 amide bonds. The SMILES string of the molecule is C=C(C)C(=O)O.C=C(CC=Cc1ccccc1)C(=O)OC1CCCCC1. The molecule has 1 aromatic rings. The Morgan fingerprint density at radius 2 is 1.73 bits per heavy atom. The van der Waals surface area contributed by atoms with Crippen molar-refractivity contribution in [3.8, 4) is 0 Å². The van der Waals surface area contributed by atoms with Gasteiger partial charge < -0.3 is 9.84 Å². The Bertz CT molecular complexity index is 625. The third kappa shape index (κ3) is 9.02. The molecule has 4 nitrogen and oxygen atoms in total. The first-order valence-electron chi connectivity index (χ1n) is 8.89. The van der Waals surface area contributed by atoms with Crippen LogP contribution in [-0.2, 0) is 14.3 Å². The van der Waals surface area contributed by atoms with Crippen molar-refractivity contribution in [3.63, 3.8) is 0 Å². The topological polar surface area (TPSA) is 63.6 Å². The van der Waals surface area contributed by atoms with Gasteiger partial charge in [0, 0.05) is 11.1 Å². The van der Waals surface area contributed by atoms with Crippen molar-refractivity contribution in [1.82, 2.24) is 0 Å². The van der Waals surface area contributed by atoms with Crippen LogP contribution in [0.3, 0.4) is 0 Å². The van der Waals surface area contributed by atoms with E-state index in [2.05, 4.69) is 13.2 Å². The molecule has 2 rings (SSSR count). The average Bonchev–Trinajstić information content (AvgIpc) is 2.63. The summed E-state index contributed by atoms with van der Waals surface area (Å²) in [4.78, 5) is 21.5. The van der Waals surface area contributed by atoms with Gasteiger partial charge in [-0.3, -0.25) is 0 Å². The van der Waals surface area contributed by atoms with Crippen LogP contribution in [-0.4, -0.2) is 23.1 Å². The molecule has 1 aromatic carbocycles. The van der Waals surface area contributed by atoms with Crippen molar-refractivity contribution < 1.29 is 19.4 Å². The predicted octanol–water partition coefficient (Wildman–Crippen LogP) is 5.17. The van der Waals surface area contributed by atoms with E-state index < -0.39 is 5.97 Å². The molecular weight excluding hydrogens is 328 g/mol. The van der Waals surface area contributed by atoms with E-state index in [4.69, 9.17) is 9.84 Å². The molecule has 0 heterocycles. The van der Waals surface area contributed by atoms with Crippen LogP contribution in [0.15, 0.2) is 60.7 Å². The Labute approximate surface area is 155 Å². The first-order valence-corrected chi connectivity index (χ1v) is 8.89. The Hall–Kier alpha value is -2.62. The van der Waals surface area contributed by atoms with Crippen LogP contribution >= 0.6 is 0 Å². The van der Waals surface area contributed by atoms with Crippen molar-refractivity contribution in [1.29, 1.82) is 0 Å². The molecule has 1 aliphatic rings. The van der Waals surface area contributed by atoms with Gasteiger partial charge in [-0.15, -0.1) is 0 Å². The van der Waals surface area contributed by atoms with E-state index >= 15 is 0 Å². The number of rotatable bonds is 6. The van der Waals surface area contributed by atoms with Crippen molar-refractivity contribution in [2.75, 3.05) is 0 Å². The summed E-state index contributed by atoms with van der Waals surface area (Å²) >= 11 is 0. The third-order valence-electron chi connectivity index (χ3n) is 3.95. The number of carboxylic acids is 1. The lowest BCUT2D eigenvalue weighted by atomic mass is 9.98. The van der Waals surface area contributed by atoms with Gasteiger partial charge in [0.1, 0.15) is 6.10 Å². The van der Waals surface area contributed by atoms with Gasteiger partial charge in [0.2, 0.25) is 0 Å². The number of allylic oxidation sites excluding steroid dienone is 1. The number of benzene rings is 1. The Morgan fingerprint density at radius 1 is 1.15 bits per heavy atom. The van der Waals surface area contributed by atoms with Gasteiger partial charge >= 0.3 is 11.9 Å². The smallest absolute Gasteiger partial charge is 0.333 e. The average molecular weight is 356 g/mol. The molecule has 0 aliphatic heterocycles. The molecule has 1 N–H and O–H groups in total. The molecule has 0 saturated heterocycles. The molecule has 140 valence electrons. The quantitative estimate of drug-likeness (QED) is 0.564. The van der Waals surface area contributed by atoms with Gasteiger partial charge in [0.15, 0.2) is 0 Å². The highest BCUT2D eigenvalue weighted by Crippen LogP contribution is 2.21. The summed E-state index contributed by atoms with van der Waals surface area (Å²) in [6, 6.07) is 10.0. The number of carboxylic acid groups (broad SMARTS) is 1. The summed E-state index contributed by atoms with van der Waals surface area (Å²) in [5, 5.41) is 7.89. The van der Waals surface area contributed by atoms with Crippen molar-refractivity contribution >= 4 is 18.0 Å². The highest BCUT2D eigenvalue weighted by Gasteiger charge is 2.18. The van der Waals surface area contributed by atoms with E-state index in [1.807, 2.05) is 42.5 Å². The fourth-order valence-corrected chi connectivity index (χ4v) is 2.40. The van der Waals surface area contributed by atoms with E-state index in [0.29, 0.717) is 12.0 Å². The second-order valence-corrected chi connectivity index (χ2v) is 6.37. The van der Waals surface area contributed by atoms with Crippen LogP contribution in [0.1, 0.15) is 51.0 Å². The Morgan fingerprint density at radius 3 is 2.27 bits per heavy atom. The summed E-state index contributed by atoms with van der Waals surface area (Å²) in [7, 11) is 0. The van der Waals surface area contributed by atoms with Crippen molar-refractivity contribution in [2.24, 2.45) is 0 Å². The van der Waals surface area contributed by atoms with Gasteiger partial charge in [-0.1, -0.05) is 62.1 Å². The lowest BCUT2D eigenvalue weighted by molar-refractivity contribution is -0.145. The fraction of sp³-hybridized carbons (Fsp3) is 0.364. The minimum Gasteiger partial charge on any atom is -0.478 e. The first-order chi connectivity index (χ1) is 12.4. The molecule has 0 aromatic heterocycles. The highest BCUT2D eigenvalue weighted by molar-refractivity contribution is 5.88. The molecule has 0 radical (unpaired) electrons. The number of hydrogen-bond donors (Lipinski definition) is 1. The van der Waals surface area contributed by atoms with Crippen LogP contribution in [0.5, 0.6) is 0 Å². The van der Waals surface area contributed by atoms with Crippen LogP contribution in [0.25, 0.3) is 6.08 Å². The number of hydrogen-bond acceptors (Lipinski definition) is 3.